The van der Waals surface area contributed by atoms with Crippen LogP contribution in [0.15, 0.2) is 58.7 Å². The van der Waals surface area contributed by atoms with E-state index >= 15 is 4.79 Å². The summed E-state index contributed by atoms with van der Waals surface area (Å²) in [7, 11) is 4.35. The molecule has 2 aliphatic carbocycles. The lowest BCUT2D eigenvalue weighted by Crippen LogP contribution is -2.74. The van der Waals surface area contributed by atoms with E-state index in [1.165, 1.54) is 26.0 Å². The van der Waals surface area contributed by atoms with Gasteiger partial charge in [-0.1, -0.05) is 39.0 Å². The second-order valence-electron chi connectivity index (χ2n) is 19.2. The summed E-state index contributed by atoms with van der Waals surface area (Å²) in [5.41, 5.74) is -3.74. The fourth-order valence-electron chi connectivity index (χ4n) is 14.5. The number of rotatable bonds is 10. The van der Waals surface area contributed by atoms with Crippen LogP contribution in [0.4, 0.5) is 0 Å². The van der Waals surface area contributed by atoms with Crippen molar-refractivity contribution in [3.8, 4) is 0 Å². The highest BCUT2D eigenvalue weighted by Gasteiger charge is 3.00. The van der Waals surface area contributed by atoms with Gasteiger partial charge in [-0.05, 0) is 92.2 Å². The van der Waals surface area contributed by atoms with E-state index in [2.05, 4.69) is 58.1 Å². The van der Waals surface area contributed by atoms with Gasteiger partial charge < -0.3 is 33.8 Å². The van der Waals surface area contributed by atoms with Gasteiger partial charge in [-0.15, -0.1) is 11.8 Å². The largest absolute Gasteiger partial charge is 0.468 e. The number of ether oxygens (including phenoxy) is 5. The number of hydrogen-bond donors (Lipinski definition) is 2. The minimum Gasteiger partial charge on any atom is -0.468 e. The van der Waals surface area contributed by atoms with E-state index < -0.39 is 69.2 Å². The van der Waals surface area contributed by atoms with Crippen LogP contribution in [0, 0.1) is 22.7 Å². The van der Waals surface area contributed by atoms with Crippen molar-refractivity contribution in [3.63, 3.8) is 0 Å². The number of hydrogen-bond acceptors (Lipinski definition) is 13. The number of amides is 1. The molecule has 1 saturated carbocycles. The monoisotopic (exact) mass is 884 g/mol. The Kier molecular flexibility index (Phi) is 10.1. The number of fused-ring (bicyclic) bond motifs is 6. The average Bonchev–Trinajstić information content (AvgIpc) is 3.50. The molecule has 8 aliphatic rings. The predicted molar refractivity (Wildman–Crippen MR) is 233 cm³/mol. The number of esters is 3. The highest BCUT2D eigenvalue weighted by molar-refractivity contribution is 7.99. The number of piperidine rings is 1. The summed E-state index contributed by atoms with van der Waals surface area (Å²) in [5, 5.41) is 13.1. The number of aromatic amines is 1. The minimum atomic E-state index is -1.87. The van der Waals surface area contributed by atoms with Crippen LogP contribution in [-0.2, 0) is 54.7 Å². The maximum Gasteiger partial charge on any atom is 0.347 e. The van der Waals surface area contributed by atoms with Gasteiger partial charge in [0.2, 0.25) is 12.1 Å². The molecule has 2 N–H and O–H groups in total. The Labute approximate surface area is 372 Å². The topological polar surface area (TPSA) is 163 Å². The van der Waals surface area contributed by atoms with Crippen molar-refractivity contribution in [2.24, 2.45) is 22.7 Å². The van der Waals surface area contributed by atoms with Crippen LogP contribution < -0.4 is 0 Å². The fraction of sp³-hybridized carbons (Fsp3) is 0.625. The van der Waals surface area contributed by atoms with Gasteiger partial charge in [-0.25, -0.2) is 4.79 Å². The van der Waals surface area contributed by atoms with Crippen LogP contribution in [0.3, 0.4) is 0 Å². The number of H-pyrrole nitrogens is 1. The third kappa shape index (κ3) is 5.32. The van der Waals surface area contributed by atoms with Gasteiger partial charge in [0, 0.05) is 84.8 Å². The van der Waals surface area contributed by atoms with E-state index in [1.807, 2.05) is 19.9 Å². The van der Waals surface area contributed by atoms with Crippen molar-refractivity contribution in [1.29, 1.82) is 0 Å². The molecule has 1 aromatic carbocycles. The lowest BCUT2D eigenvalue weighted by Gasteiger charge is -2.58. The third-order valence-corrected chi connectivity index (χ3v) is 17.6. The Morgan fingerprint density at radius 3 is 2.52 bits per heavy atom. The quantitative estimate of drug-likeness (QED) is 0.0849. The molecule has 7 heterocycles. The molecule has 2 bridgehead atoms. The first-order valence-corrected chi connectivity index (χ1v) is 23.7. The highest BCUT2D eigenvalue weighted by Crippen LogP contribution is 2.82. The van der Waals surface area contributed by atoms with Crippen molar-refractivity contribution in [2.45, 2.75) is 112 Å². The number of thioether (sulfide) groups is 1. The highest BCUT2D eigenvalue weighted by atomic mass is 32.2. The summed E-state index contributed by atoms with van der Waals surface area (Å²) in [6, 6.07) is 6.06. The molecule has 4 saturated heterocycles. The lowest BCUT2D eigenvalue weighted by atomic mass is 9.48. The van der Waals surface area contributed by atoms with E-state index in [4.69, 9.17) is 23.7 Å². The summed E-state index contributed by atoms with van der Waals surface area (Å²) in [5.74, 6) is -1.62. The second-order valence-corrected chi connectivity index (χ2v) is 20.5. The minimum absolute atomic E-state index is 0.108. The van der Waals surface area contributed by atoms with E-state index in [1.54, 1.807) is 18.9 Å². The number of nitrogens with one attached hydrogen (secondary N) is 1. The van der Waals surface area contributed by atoms with E-state index in [-0.39, 0.29) is 12.0 Å². The second kappa shape index (κ2) is 14.8. The molecule has 1 aromatic heterocycles. The summed E-state index contributed by atoms with van der Waals surface area (Å²) in [6.07, 6.45) is 10.1. The number of nitrogens with zero attached hydrogens (tertiary/aromatic N) is 3. The number of aromatic nitrogens is 1. The summed E-state index contributed by atoms with van der Waals surface area (Å²) >= 11 is 1.77. The van der Waals surface area contributed by atoms with Crippen molar-refractivity contribution in [1.82, 2.24) is 19.7 Å². The van der Waals surface area contributed by atoms with E-state index in [0.717, 1.165) is 44.8 Å². The normalized spacial score (nSPS) is 40.7. The molecule has 15 heteroatoms. The first-order chi connectivity index (χ1) is 30.3. The van der Waals surface area contributed by atoms with Crippen molar-refractivity contribution in [2.75, 3.05) is 59.8 Å². The number of methoxy groups -OCH3 is 3. The van der Waals surface area contributed by atoms with E-state index in [0.29, 0.717) is 76.9 Å². The molecular formula is C48H60N4O10S. The Morgan fingerprint density at radius 2 is 1.84 bits per heavy atom. The average molecular weight is 885 g/mol. The number of carbonyl (C=O) groups excluding carboxylic acids is 4. The summed E-state index contributed by atoms with van der Waals surface area (Å²) in [6.45, 7) is 10.7. The standard InChI is InChI=1S/C48H60N4O10S/c1-8-43(57)23-29-24-45(41(55)59-6,38-31(14-18-50(25-29)26-43)32-20-30(63-10-3)12-13-35(32)49-38)34-21-33-36(22-37(34)58-5)52(27-53)48-46(33)16-19-51-17-11-15-44(9-2,39(46)51)40(61-28(4)54)47(48,62-48)42(56)60-7/h11-13,15,20-22,27,29,34,37,39-40,49,57H,8-10,14,16-19,23-26H2,1-7H3/t29-,34?,37?,39+,40-,43+,44-,45+,46-,47+,48+/m1/s1. The molecule has 3 unspecified atom stereocenters. The van der Waals surface area contributed by atoms with Gasteiger partial charge in [0.1, 0.15) is 5.41 Å². The van der Waals surface area contributed by atoms with Gasteiger partial charge in [-0.2, -0.15) is 0 Å². The first-order valence-electron chi connectivity index (χ1n) is 22.7. The number of allylic oxidation sites excluding steroid dienone is 1. The molecule has 2 spiro atoms. The molecule has 10 rings (SSSR count). The summed E-state index contributed by atoms with van der Waals surface area (Å²) < 4.78 is 31.4. The van der Waals surface area contributed by atoms with Crippen LogP contribution in [0.2, 0.25) is 0 Å². The smallest absolute Gasteiger partial charge is 0.347 e. The van der Waals surface area contributed by atoms with Crippen LogP contribution in [0.25, 0.3) is 10.9 Å². The van der Waals surface area contributed by atoms with Crippen LogP contribution in [-0.4, -0.2) is 144 Å². The van der Waals surface area contributed by atoms with E-state index in [9.17, 15) is 19.5 Å². The van der Waals surface area contributed by atoms with Crippen LogP contribution >= 0.6 is 11.8 Å². The summed E-state index contributed by atoms with van der Waals surface area (Å²) in [4.78, 5) is 68.5. The number of epoxide rings is 1. The lowest BCUT2D eigenvalue weighted by molar-refractivity contribution is -0.183. The van der Waals surface area contributed by atoms with Crippen molar-refractivity contribution in [3.05, 3.63) is 65.0 Å². The van der Waals surface area contributed by atoms with Gasteiger partial charge >= 0.3 is 17.9 Å². The number of carbonyl (C=O) groups is 4. The SMILES string of the molecule is CCSc1ccc2[nH]c3c(c2c1)CCN1C[C@H](C[C@@](O)(CC)C1)C[C@]3(C(=O)OC)C1C=C2C(=CC1OC)N(C=O)[C@@]13O[C@]1(C(=O)OC)[C@H](OC(C)=O)[C@]1(CC)C=CCN4CC[C@]23[C@@H]41. The molecule has 338 valence electrons. The molecule has 5 fully saturated rings. The van der Waals surface area contributed by atoms with Crippen LogP contribution in [0.1, 0.15) is 71.1 Å². The Bertz CT molecular complexity index is 2380. The molecule has 14 nitrogen and oxygen atoms in total. The van der Waals surface area contributed by atoms with Gasteiger partial charge in [0.15, 0.2) is 6.10 Å². The number of benzene rings is 1. The fourth-order valence-corrected chi connectivity index (χ4v) is 15.2. The zero-order valence-corrected chi connectivity index (χ0v) is 38.2. The number of aliphatic hydroxyl groups is 1. The van der Waals surface area contributed by atoms with Crippen molar-refractivity contribution >= 4 is 47.0 Å². The van der Waals surface area contributed by atoms with Gasteiger partial charge in [0.25, 0.3) is 5.60 Å². The van der Waals surface area contributed by atoms with Gasteiger partial charge in [-0.3, -0.25) is 29.1 Å². The molecule has 0 radical (unpaired) electrons. The molecule has 2 aromatic rings. The maximum absolute atomic E-state index is 15.6. The zero-order chi connectivity index (χ0) is 44.5. The predicted octanol–water partition coefficient (Wildman–Crippen LogP) is 4.64. The maximum atomic E-state index is 15.6. The Morgan fingerprint density at radius 1 is 1.05 bits per heavy atom. The Hall–Kier alpha value is -3.99. The van der Waals surface area contributed by atoms with Crippen molar-refractivity contribution < 1.29 is 48.0 Å². The molecule has 63 heavy (non-hydrogen) atoms. The first kappa shape index (κ1) is 42.9. The third-order valence-electron chi connectivity index (χ3n) is 16.7. The zero-order valence-electron chi connectivity index (χ0n) is 37.4. The molecule has 1 amide bonds. The molecule has 6 aliphatic heterocycles. The molecular weight excluding hydrogens is 825 g/mol. The number of likely N-dealkylation sites (tertiary alicyclic amines) is 1. The van der Waals surface area contributed by atoms with Gasteiger partial charge in [0.05, 0.1) is 31.3 Å². The van der Waals surface area contributed by atoms with Crippen LogP contribution in [0.5, 0.6) is 0 Å². The molecule has 12 atom stereocenters. The Balaban J connectivity index is 1.26.